The lowest BCUT2D eigenvalue weighted by atomic mass is 9.87. The fourth-order valence-corrected chi connectivity index (χ4v) is 2.28. The lowest BCUT2D eigenvalue weighted by Gasteiger charge is -2.19. The molecule has 19 heavy (non-hydrogen) atoms. The predicted molar refractivity (Wildman–Crippen MR) is 74.9 cm³/mol. The molecular weight excluding hydrogens is 238 g/mol. The van der Waals surface area contributed by atoms with Crippen molar-refractivity contribution in [1.29, 1.82) is 0 Å². The van der Waals surface area contributed by atoms with E-state index in [0.29, 0.717) is 5.92 Å². The van der Waals surface area contributed by atoms with E-state index in [-0.39, 0.29) is 11.1 Å². The van der Waals surface area contributed by atoms with Crippen LogP contribution in [0.2, 0.25) is 0 Å². The summed E-state index contributed by atoms with van der Waals surface area (Å²) in [6.45, 7) is 6.55. The minimum absolute atomic E-state index is 0.124. The van der Waals surface area contributed by atoms with E-state index in [4.69, 9.17) is 0 Å². The van der Waals surface area contributed by atoms with E-state index in [9.17, 15) is 4.79 Å². The summed E-state index contributed by atoms with van der Waals surface area (Å²) in [4.78, 5) is 11.9. The number of hydrogen-bond donors (Lipinski definition) is 1. The Morgan fingerprint density at radius 1 is 1.21 bits per heavy atom. The highest BCUT2D eigenvalue weighted by Gasteiger charge is 2.30. The van der Waals surface area contributed by atoms with Crippen LogP contribution in [0.1, 0.15) is 50.9 Å². The Hall–Kier alpha value is -1.84. The van der Waals surface area contributed by atoms with Crippen LogP contribution in [0, 0.1) is 0 Å². The van der Waals surface area contributed by atoms with Gasteiger partial charge in [0, 0.05) is 5.92 Å². The lowest BCUT2D eigenvalue weighted by Crippen LogP contribution is -2.17. The Morgan fingerprint density at radius 3 is 2.37 bits per heavy atom. The SMILES string of the molecule is CC(C)(C)c1ccc(-n2c(C3CC3)n[nH]c2=O)cc1. The highest BCUT2D eigenvalue weighted by Crippen LogP contribution is 2.39. The standard InChI is InChI=1S/C15H19N3O/c1-15(2,3)11-6-8-12(9-7-11)18-13(10-4-5-10)16-17-14(18)19/h6-10H,4-5H2,1-3H3,(H,17,19). The van der Waals surface area contributed by atoms with Crippen molar-refractivity contribution in [3.05, 3.63) is 46.1 Å². The van der Waals surface area contributed by atoms with E-state index < -0.39 is 0 Å². The largest absolute Gasteiger partial charge is 0.347 e. The molecule has 0 saturated heterocycles. The second kappa shape index (κ2) is 4.08. The molecule has 0 bridgehead atoms. The minimum atomic E-state index is -0.148. The maximum Gasteiger partial charge on any atom is 0.347 e. The van der Waals surface area contributed by atoms with Crippen LogP contribution in [0.3, 0.4) is 0 Å². The van der Waals surface area contributed by atoms with Gasteiger partial charge in [-0.1, -0.05) is 32.9 Å². The smallest absolute Gasteiger partial charge is 0.247 e. The molecule has 4 nitrogen and oxygen atoms in total. The molecular formula is C15H19N3O. The van der Waals surface area contributed by atoms with E-state index in [2.05, 4.69) is 43.1 Å². The molecule has 1 fully saturated rings. The van der Waals surface area contributed by atoms with Crippen molar-refractivity contribution < 1.29 is 0 Å². The Bertz CT molecular complexity index is 639. The first-order valence-electron chi connectivity index (χ1n) is 6.75. The summed E-state index contributed by atoms with van der Waals surface area (Å²) in [6.07, 6.45) is 2.26. The number of nitrogens with one attached hydrogen (secondary N) is 1. The third-order valence-electron chi connectivity index (χ3n) is 3.63. The van der Waals surface area contributed by atoms with E-state index in [0.717, 1.165) is 24.4 Å². The zero-order chi connectivity index (χ0) is 13.6. The molecule has 1 N–H and O–H groups in total. The van der Waals surface area contributed by atoms with Gasteiger partial charge in [0.15, 0.2) is 0 Å². The molecule has 100 valence electrons. The molecule has 1 aromatic carbocycles. The van der Waals surface area contributed by atoms with E-state index in [1.807, 2.05) is 12.1 Å². The number of aromatic amines is 1. The van der Waals surface area contributed by atoms with Crippen LogP contribution >= 0.6 is 0 Å². The molecule has 0 atom stereocenters. The summed E-state index contributed by atoms with van der Waals surface area (Å²) in [5.74, 6) is 1.31. The van der Waals surface area contributed by atoms with Crippen molar-refractivity contribution >= 4 is 0 Å². The maximum atomic E-state index is 11.9. The molecule has 1 aliphatic carbocycles. The Labute approximate surface area is 112 Å². The van der Waals surface area contributed by atoms with Crippen molar-refractivity contribution in [3.63, 3.8) is 0 Å². The average Bonchev–Trinajstić information content (AvgIpc) is 3.12. The van der Waals surface area contributed by atoms with Crippen LogP contribution < -0.4 is 5.69 Å². The van der Waals surface area contributed by atoms with Crippen LogP contribution in [0.5, 0.6) is 0 Å². The Kier molecular flexibility index (Phi) is 2.62. The summed E-state index contributed by atoms with van der Waals surface area (Å²) in [6, 6.07) is 8.18. The summed E-state index contributed by atoms with van der Waals surface area (Å²) in [5, 5.41) is 6.71. The highest BCUT2D eigenvalue weighted by molar-refractivity contribution is 5.38. The molecule has 1 saturated carbocycles. The fourth-order valence-electron chi connectivity index (χ4n) is 2.28. The molecule has 0 spiro atoms. The predicted octanol–water partition coefficient (Wildman–Crippen LogP) is 2.74. The van der Waals surface area contributed by atoms with Gasteiger partial charge in [0.1, 0.15) is 5.82 Å². The lowest BCUT2D eigenvalue weighted by molar-refractivity contribution is 0.590. The van der Waals surface area contributed by atoms with Gasteiger partial charge < -0.3 is 0 Å². The second-order valence-electron chi connectivity index (χ2n) is 6.29. The molecule has 1 aromatic heterocycles. The fraction of sp³-hybridized carbons (Fsp3) is 0.467. The maximum absolute atomic E-state index is 11.9. The van der Waals surface area contributed by atoms with Crippen LogP contribution in [-0.2, 0) is 5.41 Å². The molecule has 2 aromatic rings. The first kappa shape index (κ1) is 12.2. The summed E-state index contributed by atoms with van der Waals surface area (Å²) >= 11 is 0. The zero-order valence-corrected chi connectivity index (χ0v) is 11.6. The number of benzene rings is 1. The van der Waals surface area contributed by atoms with Gasteiger partial charge in [0.25, 0.3) is 0 Å². The van der Waals surface area contributed by atoms with E-state index >= 15 is 0 Å². The van der Waals surface area contributed by atoms with Gasteiger partial charge in [-0.05, 0) is 36.0 Å². The van der Waals surface area contributed by atoms with Crippen molar-refractivity contribution in [2.75, 3.05) is 0 Å². The van der Waals surface area contributed by atoms with Crippen LogP contribution in [0.15, 0.2) is 29.1 Å². The first-order chi connectivity index (χ1) is 8.97. The third-order valence-corrected chi connectivity index (χ3v) is 3.63. The zero-order valence-electron chi connectivity index (χ0n) is 11.6. The van der Waals surface area contributed by atoms with Gasteiger partial charge in [0.2, 0.25) is 0 Å². The van der Waals surface area contributed by atoms with Gasteiger partial charge in [-0.2, -0.15) is 5.10 Å². The number of aromatic nitrogens is 3. The summed E-state index contributed by atoms with van der Waals surface area (Å²) in [5.41, 5.74) is 2.14. The van der Waals surface area contributed by atoms with Gasteiger partial charge >= 0.3 is 5.69 Å². The topological polar surface area (TPSA) is 50.7 Å². The third kappa shape index (κ3) is 2.23. The quantitative estimate of drug-likeness (QED) is 0.899. The Balaban J connectivity index is 2.03. The first-order valence-corrected chi connectivity index (χ1v) is 6.75. The molecule has 1 aliphatic rings. The van der Waals surface area contributed by atoms with Gasteiger partial charge in [-0.15, -0.1) is 0 Å². The average molecular weight is 257 g/mol. The van der Waals surface area contributed by atoms with Crippen molar-refractivity contribution in [2.24, 2.45) is 0 Å². The number of rotatable bonds is 2. The molecule has 1 heterocycles. The van der Waals surface area contributed by atoms with Crippen molar-refractivity contribution in [1.82, 2.24) is 14.8 Å². The normalized spacial score (nSPS) is 15.7. The second-order valence-corrected chi connectivity index (χ2v) is 6.29. The number of H-pyrrole nitrogens is 1. The molecule has 0 amide bonds. The molecule has 0 radical (unpaired) electrons. The van der Waals surface area contributed by atoms with Crippen LogP contribution in [0.4, 0.5) is 0 Å². The summed E-state index contributed by atoms with van der Waals surface area (Å²) in [7, 11) is 0. The number of nitrogens with zero attached hydrogens (tertiary/aromatic N) is 2. The van der Waals surface area contributed by atoms with E-state index in [1.165, 1.54) is 5.56 Å². The van der Waals surface area contributed by atoms with E-state index in [1.54, 1.807) is 4.57 Å². The molecule has 3 rings (SSSR count). The molecule has 0 aliphatic heterocycles. The van der Waals surface area contributed by atoms with Gasteiger partial charge in [-0.25, -0.2) is 14.5 Å². The molecule has 0 unspecified atom stereocenters. The van der Waals surface area contributed by atoms with Gasteiger partial charge in [0.05, 0.1) is 5.69 Å². The number of hydrogen-bond acceptors (Lipinski definition) is 2. The van der Waals surface area contributed by atoms with Crippen LogP contribution in [0.25, 0.3) is 5.69 Å². The van der Waals surface area contributed by atoms with Gasteiger partial charge in [-0.3, -0.25) is 0 Å². The minimum Gasteiger partial charge on any atom is -0.247 e. The highest BCUT2D eigenvalue weighted by atomic mass is 16.1. The van der Waals surface area contributed by atoms with Crippen LogP contribution in [-0.4, -0.2) is 14.8 Å². The summed E-state index contributed by atoms with van der Waals surface area (Å²) < 4.78 is 1.70. The monoisotopic (exact) mass is 257 g/mol. The molecule has 4 heteroatoms. The van der Waals surface area contributed by atoms with Crippen molar-refractivity contribution in [3.8, 4) is 5.69 Å². The van der Waals surface area contributed by atoms with Crippen molar-refractivity contribution in [2.45, 2.75) is 44.9 Å². The Morgan fingerprint density at radius 2 is 1.84 bits per heavy atom.